The summed E-state index contributed by atoms with van der Waals surface area (Å²) in [5.41, 5.74) is 7.88. The largest absolute Gasteiger partial charge is 0.383 e. The molecule has 0 amide bonds. The zero-order valence-corrected chi connectivity index (χ0v) is 10.1. The number of nitrogens with zero attached hydrogens (tertiary/aromatic N) is 4. The monoisotopic (exact) mass is 219 g/mol. The number of rotatable bonds is 2. The Morgan fingerprint density at radius 2 is 2.06 bits per heavy atom. The highest BCUT2D eigenvalue weighted by Gasteiger charge is 2.17. The van der Waals surface area contributed by atoms with Crippen molar-refractivity contribution in [2.24, 2.45) is 7.05 Å². The van der Waals surface area contributed by atoms with E-state index in [4.69, 9.17) is 5.73 Å². The summed E-state index contributed by atoms with van der Waals surface area (Å²) in [7, 11) is 1.94. The van der Waals surface area contributed by atoms with Crippen molar-refractivity contribution in [2.45, 2.75) is 26.8 Å². The Hall–Kier alpha value is -1.78. The third-order valence-corrected chi connectivity index (χ3v) is 2.70. The van der Waals surface area contributed by atoms with Crippen LogP contribution in [-0.4, -0.2) is 19.1 Å². The van der Waals surface area contributed by atoms with Gasteiger partial charge in [0.05, 0.1) is 18.2 Å². The maximum Gasteiger partial charge on any atom is 0.133 e. The normalized spacial score (nSPS) is 11.3. The van der Waals surface area contributed by atoms with E-state index in [0.29, 0.717) is 11.9 Å². The van der Waals surface area contributed by atoms with Gasteiger partial charge < -0.3 is 14.9 Å². The summed E-state index contributed by atoms with van der Waals surface area (Å²) >= 11 is 0. The molecule has 0 aliphatic heterocycles. The second-order valence-electron chi connectivity index (χ2n) is 4.25. The Balaban J connectivity index is 2.60. The second-order valence-corrected chi connectivity index (χ2v) is 4.25. The van der Waals surface area contributed by atoms with Crippen LogP contribution in [0.1, 0.15) is 25.7 Å². The lowest BCUT2D eigenvalue weighted by Crippen LogP contribution is -2.07. The molecule has 0 aromatic carbocycles. The average molecular weight is 219 g/mol. The van der Waals surface area contributed by atoms with Gasteiger partial charge in [0.15, 0.2) is 0 Å². The highest BCUT2D eigenvalue weighted by molar-refractivity contribution is 5.68. The van der Waals surface area contributed by atoms with Gasteiger partial charge in [-0.2, -0.15) is 0 Å². The molecule has 0 unspecified atom stereocenters. The topological polar surface area (TPSA) is 61.7 Å². The molecule has 2 N–H and O–H groups in total. The van der Waals surface area contributed by atoms with Crippen LogP contribution in [0.5, 0.6) is 0 Å². The van der Waals surface area contributed by atoms with Crippen LogP contribution in [0, 0.1) is 6.92 Å². The van der Waals surface area contributed by atoms with Gasteiger partial charge in [0.25, 0.3) is 0 Å². The minimum Gasteiger partial charge on any atom is -0.383 e. The first-order chi connectivity index (χ1) is 7.52. The van der Waals surface area contributed by atoms with Crippen molar-refractivity contribution in [3.05, 3.63) is 18.3 Å². The molecule has 5 nitrogen and oxygen atoms in total. The van der Waals surface area contributed by atoms with Crippen LogP contribution in [0.3, 0.4) is 0 Å². The number of hydrogen-bond donors (Lipinski definition) is 1. The molecule has 0 fully saturated rings. The van der Waals surface area contributed by atoms with E-state index >= 15 is 0 Å². The van der Waals surface area contributed by atoms with Crippen molar-refractivity contribution in [3.63, 3.8) is 0 Å². The van der Waals surface area contributed by atoms with Gasteiger partial charge in [-0.25, -0.2) is 9.97 Å². The summed E-state index contributed by atoms with van der Waals surface area (Å²) in [4.78, 5) is 8.59. The molecule has 2 heterocycles. The molecule has 0 saturated carbocycles. The fraction of sp³-hybridized carbons (Fsp3) is 0.455. The molecular weight excluding hydrogens is 202 g/mol. The van der Waals surface area contributed by atoms with Crippen LogP contribution < -0.4 is 5.73 Å². The molecule has 0 radical (unpaired) electrons. The maximum atomic E-state index is 6.12. The molecule has 86 valence electrons. The van der Waals surface area contributed by atoms with Crippen molar-refractivity contribution in [3.8, 4) is 11.4 Å². The van der Waals surface area contributed by atoms with Crippen molar-refractivity contribution in [1.82, 2.24) is 19.1 Å². The molecule has 0 saturated heterocycles. The quantitative estimate of drug-likeness (QED) is 0.837. The van der Waals surface area contributed by atoms with E-state index < -0.39 is 0 Å². The first-order valence-electron chi connectivity index (χ1n) is 5.33. The molecule has 0 aliphatic carbocycles. The number of nitrogens with two attached hydrogens (primary N) is 1. The minimum absolute atomic E-state index is 0.314. The summed E-state index contributed by atoms with van der Waals surface area (Å²) in [6, 6.07) is 0.314. The van der Waals surface area contributed by atoms with E-state index in [1.807, 2.05) is 23.1 Å². The highest BCUT2D eigenvalue weighted by atomic mass is 15.2. The lowest BCUT2D eigenvalue weighted by Gasteiger charge is -2.11. The van der Waals surface area contributed by atoms with Gasteiger partial charge in [-0.1, -0.05) is 0 Å². The average Bonchev–Trinajstić information content (AvgIpc) is 2.70. The smallest absolute Gasteiger partial charge is 0.133 e. The molecule has 16 heavy (non-hydrogen) atoms. The Bertz CT molecular complexity index is 506. The van der Waals surface area contributed by atoms with Gasteiger partial charge in [0, 0.05) is 13.1 Å². The molecule has 0 aliphatic rings. The SMILES string of the molecule is Cc1nc(-c2cncn2C)c(N)n1C(C)C. The van der Waals surface area contributed by atoms with Gasteiger partial charge in [-0.05, 0) is 20.8 Å². The standard InChI is InChI=1S/C11H17N5/c1-7(2)16-8(3)14-10(11(16)12)9-5-13-6-15(9)4/h5-7H,12H2,1-4H3. The Labute approximate surface area is 94.9 Å². The van der Waals surface area contributed by atoms with Gasteiger partial charge in [0.2, 0.25) is 0 Å². The molecular formula is C11H17N5. The zero-order valence-electron chi connectivity index (χ0n) is 10.1. The fourth-order valence-electron chi connectivity index (χ4n) is 1.99. The van der Waals surface area contributed by atoms with Gasteiger partial charge >= 0.3 is 0 Å². The van der Waals surface area contributed by atoms with Crippen LogP contribution in [0.4, 0.5) is 5.82 Å². The van der Waals surface area contributed by atoms with Crippen LogP contribution >= 0.6 is 0 Å². The molecule has 2 aromatic rings. The predicted molar refractivity (Wildman–Crippen MR) is 64.0 cm³/mol. The van der Waals surface area contributed by atoms with Gasteiger partial charge in [-0.3, -0.25) is 0 Å². The van der Waals surface area contributed by atoms with Crippen LogP contribution in [0.2, 0.25) is 0 Å². The fourth-order valence-corrected chi connectivity index (χ4v) is 1.99. The number of hydrogen-bond acceptors (Lipinski definition) is 3. The zero-order chi connectivity index (χ0) is 11.9. The first-order valence-corrected chi connectivity index (χ1v) is 5.33. The third-order valence-electron chi connectivity index (χ3n) is 2.70. The van der Waals surface area contributed by atoms with Gasteiger partial charge in [-0.15, -0.1) is 0 Å². The van der Waals surface area contributed by atoms with Crippen molar-refractivity contribution >= 4 is 5.82 Å². The van der Waals surface area contributed by atoms with Crippen LogP contribution in [0.25, 0.3) is 11.4 Å². The van der Waals surface area contributed by atoms with Crippen molar-refractivity contribution < 1.29 is 0 Å². The summed E-state index contributed by atoms with van der Waals surface area (Å²) < 4.78 is 3.95. The van der Waals surface area contributed by atoms with Crippen molar-refractivity contribution in [2.75, 3.05) is 5.73 Å². The molecule has 0 bridgehead atoms. The third kappa shape index (κ3) is 1.48. The number of aryl methyl sites for hydroxylation is 2. The molecule has 2 aromatic heterocycles. The number of aromatic nitrogens is 4. The Morgan fingerprint density at radius 1 is 1.38 bits per heavy atom. The van der Waals surface area contributed by atoms with E-state index in [1.54, 1.807) is 12.5 Å². The molecule has 0 spiro atoms. The number of anilines is 1. The molecule has 5 heteroatoms. The summed E-state index contributed by atoms with van der Waals surface area (Å²) in [5, 5.41) is 0. The number of imidazole rings is 2. The molecule has 2 rings (SSSR count). The van der Waals surface area contributed by atoms with E-state index in [-0.39, 0.29) is 0 Å². The van der Waals surface area contributed by atoms with Crippen LogP contribution in [-0.2, 0) is 7.05 Å². The summed E-state index contributed by atoms with van der Waals surface area (Å²) in [5.74, 6) is 1.64. The van der Waals surface area contributed by atoms with E-state index in [2.05, 4.69) is 23.8 Å². The Kier molecular flexibility index (Phi) is 2.46. The summed E-state index contributed by atoms with van der Waals surface area (Å²) in [6.07, 6.45) is 3.53. The maximum absolute atomic E-state index is 6.12. The van der Waals surface area contributed by atoms with Crippen molar-refractivity contribution in [1.29, 1.82) is 0 Å². The minimum atomic E-state index is 0.314. The van der Waals surface area contributed by atoms with E-state index in [1.165, 1.54) is 0 Å². The second kappa shape index (κ2) is 3.66. The Morgan fingerprint density at radius 3 is 2.50 bits per heavy atom. The van der Waals surface area contributed by atoms with Gasteiger partial charge in [0.1, 0.15) is 17.3 Å². The lowest BCUT2D eigenvalue weighted by atomic mass is 10.3. The summed E-state index contributed by atoms with van der Waals surface area (Å²) in [6.45, 7) is 6.16. The first kappa shape index (κ1) is 10.7. The number of nitrogen functional groups attached to an aromatic ring is 1. The molecule has 0 atom stereocenters. The predicted octanol–water partition coefficient (Wildman–Crippen LogP) is 1.76. The van der Waals surface area contributed by atoms with Crippen LogP contribution in [0.15, 0.2) is 12.5 Å². The highest BCUT2D eigenvalue weighted by Crippen LogP contribution is 2.27. The lowest BCUT2D eigenvalue weighted by molar-refractivity contribution is 0.590. The van der Waals surface area contributed by atoms with E-state index in [0.717, 1.165) is 17.2 Å². The van der Waals surface area contributed by atoms with E-state index in [9.17, 15) is 0 Å².